The minimum atomic E-state index is -0.214. The quantitative estimate of drug-likeness (QED) is 0.804. The van der Waals surface area contributed by atoms with Crippen LogP contribution in [-0.2, 0) is 6.42 Å². The summed E-state index contributed by atoms with van der Waals surface area (Å²) in [6.45, 7) is 3.32. The van der Waals surface area contributed by atoms with Gasteiger partial charge in [0.05, 0.1) is 11.1 Å². The molecule has 1 aromatic heterocycles. The molecule has 0 unspecified atom stereocenters. The van der Waals surface area contributed by atoms with Gasteiger partial charge in [-0.05, 0) is 24.5 Å². The van der Waals surface area contributed by atoms with Crippen molar-refractivity contribution in [1.82, 2.24) is 15.2 Å². The molecule has 2 rings (SSSR count). The highest BCUT2D eigenvalue weighted by Gasteiger charge is 2.14. The first kappa shape index (κ1) is 18.6. The molecule has 2 aromatic rings. The summed E-state index contributed by atoms with van der Waals surface area (Å²) in [7, 11) is 1.77. The molecule has 0 saturated carbocycles. The molecule has 0 bridgehead atoms. The Kier molecular flexibility index (Phi) is 7.14. The first-order valence-electron chi connectivity index (χ1n) is 8.64. The van der Waals surface area contributed by atoms with Gasteiger partial charge in [-0.25, -0.2) is 0 Å². The molecule has 0 saturated heterocycles. The third kappa shape index (κ3) is 5.71. The van der Waals surface area contributed by atoms with E-state index in [1.165, 1.54) is 18.0 Å². The second kappa shape index (κ2) is 9.57. The number of hydrogen-bond acceptors (Lipinski definition) is 3. The van der Waals surface area contributed by atoms with Gasteiger partial charge in [0.15, 0.2) is 0 Å². The molecule has 0 spiro atoms. The summed E-state index contributed by atoms with van der Waals surface area (Å²) in [4.78, 5) is 30.4. The smallest absolute Gasteiger partial charge is 0.255 e. The number of unbranched alkanes of at least 4 members (excludes halogenated alkanes) is 1. The predicted molar refractivity (Wildman–Crippen MR) is 98.6 cm³/mol. The van der Waals surface area contributed by atoms with Crippen LogP contribution in [0.5, 0.6) is 0 Å². The molecule has 0 aliphatic heterocycles. The number of carbonyl (C=O) groups excluding carboxylic acids is 2. The third-order valence-corrected chi connectivity index (χ3v) is 3.98. The van der Waals surface area contributed by atoms with Crippen LogP contribution in [0.2, 0.25) is 0 Å². The fourth-order valence-electron chi connectivity index (χ4n) is 2.47. The van der Waals surface area contributed by atoms with Gasteiger partial charge in [0.2, 0.25) is 0 Å². The zero-order chi connectivity index (χ0) is 18.1. The number of hydrogen-bond donors (Lipinski definition) is 1. The molecule has 1 heterocycles. The number of pyridine rings is 1. The highest BCUT2D eigenvalue weighted by molar-refractivity contribution is 5.99. The van der Waals surface area contributed by atoms with Crippen molar-refractivity contribution < 1.29 is 9.59 Å². The molecular formula is C20H25N3O2. The number of benzene rings is 1. The topological polar surface area (TPSA) is 62.3 Å². The van der Waals surface area contributed by atoms with Gasteiger partial charge in [0.25, 0.3) is 11.8 Å². The van der Waals surface area contributed by atoms with E-state index in [1.807, 2.05) is 30.3 Å². The molecule has 0 atom stereocenters. The maximum absolute atomic E-state index is 12.4. The third-order valence-electron chi connectivity index (χ3n) is 3.98. The summed E-state index contributed by atoms with van der Waals surface area (Å²) in [5, 5.41) is 2.87. The van der Waals surface area contributed by atoms with Gasteiger partial charge in [-0.15, -0.1) is 0 Å². The minimum Gasteiger partial charge on any atom is -0.352 e. The summed E-state index contributed by atoms with van der Waals surface area (Å²) in [6, 6.07) is 11.6. The monoisotopic (exact) mass is 339 g/mol. The highest BCUT2D eigenvalue weighted by Crippen LogP contribution is 2.07. The number of amides is 2. The lowest BCUT2D eigenvalue weighted by molar-refractivity contribution is 0.0793. The van der Waals surface area contributed by atoms with Crippen LogP contribution in [0.3, 0.4) is 0 Å². The molecule has 132 valence electrons. The van der Waals surface area contributed by atoms with Gasteiger partial charge in [-0.3, -0.25) is 14.6 Å². The second-order valence-corrected chi connectivity index (χ2v) is 6.03. The normalized spacial score (nSPS) is 10.3. The number of carbonyl (C=O) groups is 2. The van der Waals surface area contributed by atoms with Gasteiger partial charge >= 0.3 is 0 Å². The Balaban J connectivity index is 1.93. The summed E-state index contributed by atoms with van der Waals surface area (Å²) >= 11 is 0. The van der Waals surface area contributed by atoms with Crippen LogP contribution in [0.1, 0.15) is 46.0 Å². The molecule has 1 aromatic carbocycles. The Hall–Kier alpha value is -2.69. The molecular weight excluding hydrogens is 314 g/mol. The van der Waals surface area contributed by atoms with Crippen LogP contribution in [0.25, 0.3) is 0 Å². The molecule has 5 nitrogen and oxygen atoms in total. The van der Waals surface area contributed by atoms with E-state index < -0.39 is 0 Å². The van der Waals surface area contributed by atoms with Crippen LogP contribution in [-0.4, -0.2) is 41.8 Å². The zero-order valence-electron chi connectivity index (χ0n) is 14.9. The van der Waals surface area contributed by atoms with Gasteiger partial charge in [-0.1, -0.05) is 43.7 Å². The Labute approximate surface area is 149 Å². The zero-order valence-corrected chi connectivity index (χ0v) is 14.9. The van der Waals surface area contributed by atoms with E-state index in [9.17, 15) is 9.59 Å². The SMILES string of the molecule is CCCCN(C)C(=O)c1cncc(C(=O)NCCc2ccccc2)c1. The van der Waals surface area contributed by atoms with Gasteiger partial charge in [0, 0.05) is 32.5 Å². The average molecular weight is 339 g/mol. The first-order chi connectivity index (χ1) is 12.1. The Morgan fingerprint density at radius 1 is 1.12 bits per heavy atom. The van der Waals surface area contributed by atoms with Crippen molar-refractivity contribution in [1.29, 1.82) is 0 Å². The molecule has 0 aliphatic carbocycles. The fourth-order valence-corrected chi connectivity index (χ4v) is 2.47. The molecule has 2 amide bonds. The van der Waals surface area contributed by atoms with Crippen molar-refractivity contribution in [3.05, 3.63) is 65.5 Å². The Morgan fingerprint density at radius 2 is 1.84 bits per heavy atom. The number of nitrogens with one attached hydrogen (secondary N) is 1. The van der Waals surface area contributed by atoms with Crippen LogP contribution in [0, 0.1) is 0 Å². The van der Waals surface area contributed by atoms with E-state index in [-0.39, 0.29) is 11.8 Å². The van der Waals surface area contributed by atoms with Crippen LogP contribution >= 0.6 is 0 Å². The van der Waals surface area contributed by atoms with E-state index in [0.29, 0.717) is 24.2 Å². The van der Waals surface area contributed by atoms with Crippen molar-refractivity contribution in [3.8, 4) is 0 Å². The lowest BCUT2D eigenvalue weighted by Crippen LogP contribution is -2.29. The van der Waals surface area contributed by atoms with E-state index >= 15 is 0 Å². The van der Waals surface area contributed by atoms with Gasteiger partial charge in [0.1, 0.15) is 0 Å². The van der Waals surface area contributed by atoms with Crippen LogP contribution < -0.4 is 5.32 Å². The maximum Gasteiger partial charge on any atom is 0.255 e. The summed E-state index contributed by atoms with van der Waals surface area (Å²) < 4.78 is 0. The first-order valence-corrected chi connectivity index (χ1v) is 8.64. The van der Waals surface area contributed by atoms with E-state index in [0.717, 1.165) is 19.3 Å². The Morgan fingerprint density at radius 3 is 2.56 bits per heavy atom. The van der Waals surface area contributed by atoms with Gasteiger partial charge in [-0.2, -0.15) is 0 Å². The van der Waals surface area contributed by atoms with Crippen LogP contribution in [0.15, 0.2) is 48.8 Å². The Bertz CT molecular complexity index is 701. The van der Waals surface area contributed by atoms with E-state index in [2.05, 4.69) is 17.2 Å². The highest BCUT2D eigenvalue weighted by atomic mass is 16.2. The molecule has 0 aliphatic rings. The molecule has 0 radical (unpaired) electrons. The molecule has 1 N–H and O–H groups in total. The fraction of sp³-hybridized carbons (Fsp3) is 0.350. The lowest BCUT2D eigenvalue weighted by atomic mass is 10.1. The second-order valence-electron chi connectivity index (χ2n) is 6.03. The lowest BCUT2D eigenvalue weighted by Gasteiger charge is -2.16. The van der Waals surface area contributed by atoms with E-state index in [4.69, 9.17) is 0 Å². The minimum absolute atomic E-state index is 0.111. The standard InChI is InChI=1S/C20H25N3O2/c1-3-4-12-23(2)20(25)18-13-17(14-21-15-18)19(24)22-11-10-16-8-6-5-7-9-16/h5-9,13-15H,3-4,10-12H2,1-2H3,(H,22,24). The van der Waals surface area contributed by atoms with Gasteiger partial charge < -0.3 is 10.2 Å². The average Bonchev–Trinajstić information content (AvgIpc) is 2.66. The van der Waals surface area contributed by atoms with Crippen molar-refractivity contribution in [2.45, 2.75) is 26.2 Å². The van der Waals surface area contributed by atoms with Crippen molar-refractivity contribution in [3.63, 3.8) is 0 Å². The van der Waals surface area contributed by atoms with Crippen molar-refractivity contribution in [2.24, 2.45) is 0 Å². The number of rotatable bonds is 8. The summed E-state index contributed by atoms with van der Waals surface area (Å²) in [6.07, 6.45) is 5.74. The summed E-state index contributed by atoms with van der Waals surface area (Å²) in [5.74, 6) is -0.325. The van der Waals surface area contributed by atoms with E-state index in [1.54, 1.807) is 18.0 Å². The number of aromatic nitrogens is 1. The predicted octanol–water partition coefficient (Wildman–Crippen LogP) is 2.93. The largest absolute Gasteiger partial charge is 0.352 e. The molecule has 5 heteroatoms. The molecule has 25 heavy (non-hydrogen) atoms. The van der Waals surface area contributed by atoms with Crippen molar-refractivity contribution >= 4 is 11.8 Å². The van der Waals surface area contributed by atoms with Crippen LogP contribution in [0.4, 0.5) is 0 Å². The van der Waals surface area contributed by atoms with Crippen molar-refractivity contribution in [2.75, 3.05) is 20.1 Å². The maximum atomic E-state index is 12.4. The molecule has 0 fully saturated rings. The summed E-state index contributed by atoms with van der Waals surface area (Å²) in [5.41, 5.74) is 2.01. The number of nitrogens with zero attached hydrogens (tertiary/aromatic N) is 2.